The molecule has 0 unspecified atom stereocenters. The zero-order valence-corrected chi connectivity index (χ0v) is 12.1. The standard InChI is InChI=1S/C16H21N3O/c1-12-16(13(2)20-18-12)11-17-14-6-5-7-15(10-14)19-8-3-4-9-19/h5-7,10,17H,3-4,8-9,11H2,1-2H3. The summed E-state index contributed by atoms with van der Waals surface area (Å²) in [6.45, 7) is 7.04. The van der Waals surface area contributed by atoms with E-state index in [0.717, 1.165) is 29.2 Å². The van der Waals surface area contributed by atoms with E-state index in [-0.39, 0.29) is 0 Å². The number of anilines is 2. The minimum atomic E-state index is 0.755. The van der Waals surface area contributed by atoms with Crippen LogP contribution in [0.1, 0.15) is 29.9 Å². The van der Waals surface area contributed by atoms with Crippen LogP contribution in [0.4, 0.5) is 11.4 Å². The number of nitrogens with one attached hydrogen (secondary N) is 1. The number of aryl methyl sites for hydroxylation is 2. The first-order valence-corrected chi connectivity index (χ1v) is 7.24. The van der Waals surface area contributed by atoms with E-state index in [0.29, 0.717) is 0 Å². The number of benzene rings is 1. The molecule has 2 aromatic rings. The molecule has 1 aliphatic heterocycles. The number of aromatic nitrogens is 1. The molecule has 1 aliphatic rings. The number of nitrogens with zero attached hydrogens (tertiary/aromatic N) is 2. The van der Waals surface area contributed by atoms with Gasteiger partial charge in [0.2, 0.25) is 0 Å². The second-order valence-electron chi connectivity index (χ2n) is 5.40. The molecule has 0 radical (unpaired) electrons. The predicted molar refractivity (Wildman–Crippen MR) is 81.2 cm³/mol. The topological polar surface area (TPSA) is 41.3 Å². The summed E-state index contributed by atoms with van der Waals surface area (Å²) in [5.74, 6) is 0.894. The van der Waals surface area contributed by atoms with E-state index in [1.807, 2.05) is 13.8 Å². The quantitative estimate of drug-likeness (QED) is 0.924. The maximum Gasteiger partial charge on any atom is 0.138 e. The molecular formula is C16H21N3O. The maximum absolute atomic E-state index is 5.19. The van der Waals surface area contributed by atoms with Gasteiger partial charge in [0.15, 0.2) is 0 Å². The molecule has 0 amide bonds. The zero-order valence-electron chi connectivity index (χ0n) is 12.1. The molecule has 106 valence electrons. The summed E-state index contributed by atoms with van der Waals surface area (Å²) in [5.41, 5.74) is 4.57. The monoisotopic (exact) mass is 271 g/mol. The van der Waals surface area contributed by atoms with Crippen LogP contribution in [0.25, 0.3) is 0 Å². The lowest BCUT2D eigenvalue weighted by molar-refractivity contribution is 0.392. The Balaban J connectivity index is 1.70. The molecule has 1 N–H and O–H groups in total. The molecule has 1 saturated heterocycles. The first kappa shape index (κ1) is 13.0. The number of hydrogen-bond donors (Lipinski definition) is 1. The van der Waals surface area contributed by atoms with Crippen molar-refractivity contribution in [1.82, 2.24) is 5.16 Å². The first-order valence-electron chi connectivity index (χ1n) is 7.24. The van der Waals surface area contributed by atoms with Crippen LogP contribution < -0.4 is 10.2 Å². The molecule has 2 heterocycles. The van der Waals surface area contributed by atoms with Crippen LogP contribution in [0.3, 0.4) is 0 Å². The lowest BCUT2D eigenvalue weighted by atomic mass is 10.2. The summed E-state index contributed by atoms with van der Waals surface area (Å²) in [6, 6.07) is 8.64. The molecule has 1 aromatic heterocycles. The molecule has 0 aliphatic carbocycles. The molecule has 0 spiro atoms. The highest BCUT2D eigenvalue weighted by Gasteiger charge is 2.13. The van der Waals surface area contributed by atoms with Crippen LogP contribution >= 0.6 is 0 Å². The van der Waals surface area contributed by atoms with Crippen LogP contribution in [-0.4, -0.2) is 18.2 Å². The van der Waals surface area contributed by atoms with Crippen molar-refractivity contribution in [3.05, 3.63) is 41.3 Å². The maximum atomic E-state index is 5.19. The third-order valence-electron chi connectivity index (χ3n) is 3.97. The fourth-order valence-electron chi connectivity index (χ4n) is 2.73. The largest absolute Gasteiger partial charge is 0.381 e. The van der Waals surface area contributed by atoms with Gasteiger partial charge in [-0.2, -0.15) is 0 Å². The van der Waals surface area contributed by atoms with Gasteiger partial charge in [0.25, 0.3) is 0 Å². The van der Waals surface area contributed by atoms with Crippen molar-refractivity contribution in [3.63, 3.8) is 0 Å². The van der Waals surface area contributed by atoms with Gasteiger partial charge in [0.05, 0.1) is 5.69 Å². The molecule has 4 heteroatoms. The Morgan fingerprint density at radius 3 is 2.75 bits per heavy atom. The average molecular weight is 271 g/mol. The third kappa shape index (κ3) is 2.64. The van der Waals surface area contributed by atoms with Crippen LogP contribution in [-0.2, 0) is 6.54 Å². The minimum Gasteiger partial charge on any atom is -0.381 e. The van der Waals surface area contributed by atoms with Crippen LogP contribution in [0.2, 0.25) is 0 Å². The molecule has 1 fully saturated rings. The highest BCUT2D eigenvalue weighted by atomic mass is 16.5. The Morgan fingerprint density at radius 1 is 1.25 bits per heavy atom. The number of hydrogen-bond acceptors (Lipinski definition) is 4. The van der Waals surface area contributed by atoms with Gasteiger partial charge in [-0.15, -0.1) is 0 Å². The summed E-state index contributed by atoms with van der Waals surface area (Å²) < 4.78 is 5.19. The van der Waals surface area contributed by atoms with Crippen molar-refractivity contribution < 1.29 is 4.52 Å². The number of rotatable bonds is 4. The Labute approximate surface area is 119 Å². The van der Waals surface area contributed by atoms with Crippen molar-refractivity contribution >= 4 is 11.4 Å². The van der Waals surface area contributed by atoms with Gasteiger partial charge in [-0.05, 0) is 44.9 Å². The van der Waals surface area contributed by atoms with Crippen LogP contribution in [0.5, 0.6) is 0 Å². The highest BCUT2D eigenvalue weighted by molar-refractivity contribution is 5.58. The van der Waals surface area contributed by atoms with Crippen molar-refractivity contribution in [3.8, 4) is 0 Å². The fourth-order valence-corrected chi connectivity index (χ4v) is 2.73. The lowest BCUT2D eigenvalue weighted by Gasteiger charge is -2.18. The van der Waals surface area contributed by atoms with E-state index in [4.69, 9.17) is 4.52 Å². The van der Waals surface area contributed by atoms with Gasteiger partial charge in [0, 0.05) is 36.6 Å². The van der Waals surface area contributed by atoms with E-state index >= 15 is 0 Å². The Hall–Kier alpha value is -1.97. The van der Waals surface area contributed by atoms with Gasteiger partial charge in [0.1, 0.15) is 5.76 Å². The van der Waals surface area contributed by atoms with Gasteiger partial charge in [-0.25, -0.2) is 0 Å². The van der Waals surface area contributed by atoms with Crippen LogP contribution in [0, 0.1) is 13.8 Å². The summed E-state index contributed by atoms with van der Waals surface area (Å²) in [7, 11) is 0. The molecule has 3 rings (SSSR count). The first-order chi connectivity index (χ1) is 9.74. The molecule has 1 aromatic carbocycles. The SMILES string of the molecule is Cc1noc(C)c1CNc1cccc(N2CCCC2)c1. The Kier molecular flexibility index (Phi) is 3.63. The molecule has 4 nitrogen and oxygen atoms in total. The van der Waals surface area contributed by atoms with Gasteiger partial charge in [-0.3, -0.25) is 0 Å². The van der Waals surface area contributed by atoms with Gasteiger partial charge >= 0.3 is 0 Å². The third-order valence-corrected chi connectivity index (χ3v) is 3.97. The van der Waals surface area contributed by atoms with E-state index < -0.39 is 0 Å². The molecule has 0 atom stereocenters. The summed E-state index contributed by atoms with van der Waals surface area (Å²) >= 11 is 0. The summed E-state index contributed by atoms with van der Waals surface area (Å²) in [4.78, 5) is 2.45. The smallest absolute Gasteiger partial charge is 0.138 e. The highest BCUT2D eigenvalue weighted by Crippen LogP contribution is 2.24. The van der Waals surface area contributed by atoms with Crippen molar-refractivity contribution in [2.45, 2.75) is 33.2 Å². The predicted octanol–water partition coefficient (Wildman–Crippen LogP) is 3.50. The van der Waals surface area contributed by atoms with E-state index in [9.17, 15) is 0 Å². The van der Waals surface area contributed by atoms with Crippen LogP contribution in [0.15, 0.2) is 28.8 Å². The summed E-state index contributed by atoms with van der Waals surface area (Å²) in [5, 5.41) is 7.45. The normalized spacial score (nSPS) is 14.8. The fraction of sp³-hybridized carbons (Fsp3) is 0.438. The lowest BCUT2D eigenvalue weighted by Crippen LogP contribution is -2.17. The van der Waals surface area contributed by atoms with Gasteiger partial charge < -0.3 is 14.7 Å². The molecule has 0 saturated carbocycles. The Morgan fingerprint density at radius 2 is 2.05 bits per heavy atom. The summed E-state index contributed by atoms with van der Waals surface area (Å²) in [6.07, 6.45) is 2.60. The average Bonchev–Trinajstić information content (AvgIpc) is 3.09. The van der Waals surface area contributed by atoms with Gasteiger partial charge in [-0.1, -0.05) is 11.2 Å². The molecule has 0 bridgehead atoms. The minimum absolute atomic E-state index is 0.755. The molecular weight excluding hydrogens is 250 g/mol. The van der Waals surface area contributed by atoms with Crippen molar-refractivity contribution in [1.29, 1.82) is 0 Å². The second-order valence-corrected chi connectivity index (χ2v) is 5.40. The van der Waals surface area contributed by atoms with E-state index in [2.05, 4.69) is 39.6 Å². The molecule has 20 heavy (non-hydrogen) atoms. The Bertz CT molecular complexity index is 566. The second kappa shape index (κ2) is 5.57. The zero-order chi connectivity index (χ0) is 13.9. The van der Waals surface area contributed by atoms with Crippen molar-refractivity contribution in [2.75, 3.05) is 23.3 Å². The van der Waals surface area contributed by atoms with E-state index in [1.165, 1.54) is 31.6 Å². The van der Waals surface area contributed by atoms with Crippen molar-refractivity contribution in [2.24, 2.45) is 0 Å². The van der Waals surface area contributed by atoms with E-state index in [1.54, 1.807) is 0 Å².